The second-order valence-electron chi connectivity index (χ2n) is 12.1. The minimum atomic E-state index is -0.370. The Morgan fingerprint density at radius 3 is 2.29 bits per heavy atom. The third-order valence-corrected chi connectivity index (χ3v) is 8.08. The Labute approximate surface area is 245 Å². The van der Waals surface area contributed by atoms with Crippen molar-refractivity contribution < 1.29 is 14.0 Å². The van der Waals surface area contributed by atoms with Gasteiger partial charge in [-0.1, -0.05) is 13.8 Å². The van der Waals surface area contributed by atoms with E-state index in [2.05, 4.69) is 47.4 Å². The molecular formula is C32H47FN6O2. The van der Waals surface area contributed by atoms with Crippen molar-refractivity contribution in [2.75, 3.05) is 70.3 Å². The highest BCUT2D eigenvalue weighted by molar-refractivity contribution is 6.06. The second kappa shape index (κ2) is 14.8. The van der Waals surface area contributed by atoms with E-state index in [1.54, 1.807) is 35.5 Å². The van der Waals surface area contributed by atoms with Gasteiger partial charge in [0, 0.05) is 76.5 Å². The first kappa shape index (κ1) is 31.1. The van der Waals surface area contributed by atoms with Crippen molar-refractivity contribution in [3.8, 4) is 0 Å². The lowest BCUT2D eigenvalue weighted by Crippen LogP contribution is -2.51. The first-order chi connectivity index (χ1) is 19.7. The Morgan fingerprint density at radius 1 is 0.902 bits per heavy atom. The zero-order valence-corrected chi connectivity index (χ0v) is 25.3. The number of fused-ring (bicyclic) bond motifs is 1. The summed E-state index contributed by atoms with van der Waals surface area (Å²) in [5.41, 5.74) is 1.79. The van der Waals surface area contributed by atoms with Gasteiger partial charge < -0.3 is 14.7 Å². The van der Waals surface area contributed by atoms with Crippen molar-refractivity contribution in [3.63, 3.8) is 0 Å². The minimum absolute atomic E-state index is 0.0517. The van der Waals surface area contributed by atoms with Crippen LogP contribution in [0.1, 0.15) is 56.5 Å². The summed E-state index contributed by atoms with van der Waals surface area (Å²) in [5, 5.41) is 0. The average molecular weight is 567 g/mol. The molecular weight excluding hydrogens is 519 g/mol. The van der Waals surface area contributed by atoms with E-state index in [1.807, 2.05) is 4.90 Å². The topological polar surface area (TPSA) is 63.2 Å². The molecule has 2 aliphatic rings. The SMILES string of the molecule is CC(C)CN1CCCN(C(=O)CN2CCN(C(C)C)CC2)Cc2cc(F)ccc2N(C(=O)c2cccnc2)CCC1. The fraction of sp³-hybridized carbons (Fsp3) is 0.594. The van der Waals surface area contributed by atoms with Crippen molar-refractivity contribution in [2.24, 2.45) is 5.92 Å². The summed E-state index contributed by atoms with van der Waals surface area (Å²) in [4.78, 5) is 42.4. The Kier molecular flexibility index (Phi) is 11.2. The number of hydrogen-bond acceptors (Lipinski definition) is 6. The zero-order chi connectivity index (χ0) is 29.4. The lowest BCUT2D eigenvalue weighted by Gasteiger charge is -2.37. The van der Waals surface area contributed by atoms with Gasteiger partial charge in [-0.05, 0) is 81.6 Å². The van der Waals surface area contributed by atoms with Crippen molar-refractivity contribution in [3.05, 3.63) is 59.7 Å². The number of pyridine rings is 1. The van der Waals surface area contributed by atoms with Crippen LogP contribution < -0.4 is 4.90 Å². The highest BCUT2D eigenvalue weighted by Gasteiger charge is 2.27. The van der Waals surface area contributed by atoms with Gasteiger partial charge in [-0.25, -0.2) is 4.39 Å². The van der Waals surface area contributed by atoms with Crippen LogP contribution >= 0.6 is 0 Å². The summed E-state index contributed by atoms with van der Waals surface area (Å²) in [6.45, 7) is 16.9. The van der Waals surface area contributed by atoms with Gasteiger partial charge in [0.25, 0.3) is 5.91 Å². The lowest BCUT2D eigenvalue weighted by atomic mass is 10.1. The number of carbonyl (C=O) groups excluding carboxylic acids is 2. The van der Waals surface area contributed by atoms with Gasteiger partial charge in [0.2, 0.25) is 5.91 Å². The van der Waals surface area contributed by atoms with Crippen LogP contribution in [0.25, 0.3) is 0 Å². The van der Waals surface area contributed by atoms with Crippen LogP contribution in [0, 0.1) is 11.7 Å². The molecule has 1 saturated heterocycles. The molecule has 9 heteroatoms. The number of nitrogens with zero attached hydrogens (tertiary/aromatic N) is 6. The number of amides is 2. The predicted octanol–water partition coefficient (Wildman–Crippen LogP) is 3.97. The molecule has 0 saturated carbocycles. The molecule has 8 nitrogen and oxygen atoms in total. The van der Waals surface area contributed by atoms with Gasteiger partial charge in [0.05, 0.1) is 12.1 Å². The molecule has 0 atom stereocenters. The predicted molar refractivity (Wildman–Crippen MR) is 161 cm³/mol. The maximum atomic E-state index is 14.6. The standard InChI is InChI=1S/C32H47FN6O2/c1-25(2)22-35-12-6-14-38(31(40)24-36-16-18-37(19-17-36)26(3)4)23-28-20-29(33)9-10-30(28)39(15-7-13-35)32(41)27-8-5-11-34-21-27/h5,8-11,20-21,25-26H,6-7,12-19,22-24H2,1-4H3. The van der Waals surface area contributed by atoms with Gasteiger partial charge in [-0.3, -0.25) is 24.4 Å². The molecule has 4 rings (SSSR count). The Bertz CT molecular complexity index is 1140. The van der Waals surface area contributed by atoms with E-state index >= 15 is 0 Å². The molecule has 2 aliphatic heterocycles. The van der Waals surface area contributed by atoms with Crippen LogP contribution in [0.15, 0.2) is 42.7 Å². The fourth-order valence-electron chi connectivity index (χ4n) is 5.90. The molecule has 2 aromatic rings. The molecule has 0 radical (unpaired) electrons. The second-order valence-corrected chi connectivity index (χ2v) is 12.1. The van der Waals surface area contributed by atoms with E-state index in [9.17, 15) is 14.0 Å². The van der Waals surface area contributed by atoms with Crippen LogP contribution in [-0.4, -0.2) is 108 Å². The highest BCUT2D eigenvalue weighted by Crippen LogP contribution is 2.26. The maximum absolute atomic E-state index is 14.6. The van der Waals surface area contributed by atoms with Crippen molar-refractivity contribution in [1.29, 1.82) is 0 Å². The fourth-order valence-corrected chi connectivity index (χ4v) is 5.90. The third kappa shape index (κ3) is 8.80. The number of hydrogen-bond donors (Lipinski definition) is 0. The van der Waals surface area contributed by atoms with Gasteiger partial charge in [-0.2, -0.15) is 0 Å². The summed E-state index contributed by atoms with van der Waals surface area (Å²) in [7, 11) is 0. The molecule has 3 heterocycles. The number of halogens is 1. The summed E-state index contributed by atoms with van der Waals surface area (Å²) < 4.78 is 14.6. The number of benzene rings is 1. The first-order valence-electron chi connectivity index (χ1n) is 15.2. The van der Waals surface area contributed by atoms with E-state index in [1.165, 1.54) is 12.1 Å². The van der Waals surface area contributed by atoms with Crippen molar-refractivity contribution >= 4 is 17.5 Å². The van der Waals surface area contributed by atoms with Crippen LogP contribution in [0.4, 0.5) is 10.1 Å². The molecule has 1 aromatic carbocycles. The van der Waals surface area contributed by atoms with Gasteiger partial charge in [0.1, 0.15) is 5.82 Å². The van der Waals surface area contributed by atoms with E-state index in [0.29, 0.717) is 48.4 Å². The van der Waals surface area contributed by atoms with E-state index in [4.69, 9.17) is 0 Å². The van der Waals surface area contributed by atoms with Crippen LogP contribution in [0.3, 0.4) is 0 Å². The van der Waals surface area contributed by atoms with Crippen LogP contribution in [0.2, 0.25) is 0 Å². The number of anilines is 1. The summed E-state index contributed by atoms with van der Waals surface area (Å²) in [5.74, 6) is 0.0297. The number of aromatic nitrogens is 1. The number of rotatable bonds is 6. The average Bonchev–Trinajstić information content (AvgIpc) is 2.94. The smallest absolute Gasteiger partial charge is 0.259 e. The molecule has 0 aliphatic carbocycles. The van der Waals surface area contributed by atoms with Crippen LogP contribution in [-0.2, 0) is 11.3 Å². The Hall–Kier alpha value is -2.88. The van der Waals surface area contributed by atoms with Crippen molar-refractivity contribution in [2.45, 2.75) is 53.1 Å². The van der Waals surface area contributed by atoms with Crippen LogP contribution in [0.5, 0.6) is 0 Å². The summed E-state index contributed by atoms with van der Waals surface area (Å²) >= 11 is 0. The zero-order valence-electron chi connectivity index (χ0n) is 25.3. The molecule has 1 aromatic heterocycles. The quantitative estimate of drug-likeness (QED) is 0.527. The molecule has 0 unspecified atom stereocenters. The van der Waals surface area contributed by atoms with Gasteiger partial charge in [-0.15, -0.1) is 0 Å². The largest absolute Gasteiger partial charge is 0.337 e. The Balaban J connectivity index is 1.61. The van der Waals surface area contributed by atoms with Gasteiger partial charge in [0.15, 0.2) is 0 Å². The Morgan fingerprint density at radius 2 is 1.63 bits per heavy atom. The normalized spacial score (nSPS) is 18.7. The first-order valence-corrected chi connectivity index (χ1v) is 15.2. The number of carbonyl (C=O) groups is 2. The molecule has 41 heavy (non-hydrogen) atoms. The lowest BCUT2D eigenvalue weighted by molar-refractivity contribution is -0.133. The maximum Gasteiger partial charge on any atom is 0.259 e. The molecule has 2 amide bonds. The van der Waals surface area contributed by atoms with E-state index in [-0.39, 0.29) is 24.2 Å². The highest BCUT2D eigenvalue weighted by atomic mass is 19.1. The molecule has 0 spiro atoms. The van der Waals surface area contributed by atoms with E-state index in [0.717, 1.165) is 58.7 Å². The number of piperazine rings is 1. The van der Waals surface area contributed by atoms with Crippen molar-refractivity contribution in [1.82, 2.24) is 24.6 Å². The molecule has 1 fully saturated rings. The molecule has 0 bridgehead atoms. The third-order valence-electron chi connectivity index (χ3n) is 8.08. The monoisotopic (exact) mass is 566 g/mol. The van der Waals surface area contributed by atoms with Gasteiger partial charge >= 0.3 is 0 Å². The molecule has 224 valence electrons. The summed E-state index contributed by atoms with van der Waals surface area (Å²) in [6, 6.07) is 8.58. The molecule has 0 N–H and O–H groups in total. The summed E-state index contributed by atoms with van der Waals surface area (Å²) in [6.07, 6.45) is 4.86. The van der Waals surface area contributed by atoms with E-state index < -0.39 is 0 Å². The minimum Gasteiger partial charge on any atom is -0.337 e.